The third-order valence-corrected chi connectivity index (χ3v) is 1.45. The van der Waals surface area contributed by atoms with E-state index >= 15 is 0 Å². The van der Waals surface area contributed by atoms with E-state index in [2.05, 4.69) is 4.74 Å². The van der Waals surface area contributed by atoms with Crippen LogP contribution < -0.4 is 4.74 Å². The van der Waals surface area contributed by atoms with E-state index in [1.807, 2.05) is 0 Å². The lowest BCUT2D eigenvalue weighted by Gasteiger charge is -1.99. The topological polar surface area (TPSA) is 63.6 Å². The Hall–Kier alpha value is -1.55. The van der Waals surface area contributed by atoms with Gasteiger partial charge in [-0.1, -0.05) is 11.6 Å². The molecule has 1 rings (SSSR count). The van der Waals surface area contributed by atoms with Crippen LogP contribution >= 0.6 is 11.6 Å². The van der Waals surface area contributed by atoms with E-state index in [1.165, 1.54) is 24.3 Å². The van der Waals surface area contributed by atoms with E-state index in [0.29, 0.717) is 5.02 Å². The molecule has 1 aromatic rings. The van der Waals surface area contributed by atoms with Crippen molar-refractivity contribution < 1.29 is 19.4 Å². The average molecular weight is 201 g/mol. The van der Waals surface area contributed by atoms with E-state index in [9.17, 15) is 9.59 Å². The summed E-state index contributed by atoms with van der Waals surface area (Å²) >= 11 is 5.55. The Kier molecular flexibility index (Phi) is 2.87. The van der Waals surface area contributed by atoms with Gasteiger partial charge in [-0.15, -0.1) is 0 Å². The molecule has 0 bridgehead atoms. The first-order valence-electron chi connectivity index (χ1n) is 3.30. The highest BCUT2D eigenvalue weighted by atomic mass is 35.5. The summed E-state index contributed by atoms with van der Waals surface area (Å²) in [6, 6.07) is 5.80. The first-order valence-corrected chi connectivity index (χ1v) is 3.68. The quantitative estimate of drug-likeness (QED) is 0.422. The largest absolute Gasteiger partial charge is 0.473 e. The fraction of sp³-hybridized carbons (Fsp3) is 0. The molecular weight excluding hydrogens is 196 g/mol. The summed E-state index contributed by atoms with van der Waals surface area (Å²) in [5.74, 6) is -2.80. The van der Waals surface area contributed by atoms with Gasteiger partial charge in [0.1, 0.15) is 5.75 Å². The molecule has 0 atom stereocenters. The minimum atomic E-state index is -1.63. The minimum absolute atomic E-state index is 0.150. The number of aliphatic carboxylic acids is 1. The molecule has 0 aromatic heterocycles. The number of benzene rings is 1. The fourth-order valence-corrected chi connectivity index (χ4v) is 0.779. The molecule has 5 heteroatoms. The first-order chi connectivity index (χ1) is 6.09. The van der Waals surface area contributed by atoms with Gasteiger partial charge in [0.05, 0.1) is 0 Å². The number of esters is 1. The molecule has 0 aliphatic heterocycles. The predicted molar refractivity (Wildman–Crippen MR) is 44.7 cm³/mol. The Morgan fingerprint density at radius 1 is 1.23 bits per heavy atom. The lowest BCUT2D eigenvalue weighted by atomic mass is 10.3. The van der Waals surface area contributed by atoms with Gasteiger partial charge < -0.3 is 9.84 Å². The summed E-state index contributed by atoms with van der Waals surface area (Å²) < 4.78 is 4.43. The number of ether oxygens (including phenoxy) is 1. The predicted octanol–water partition coefficient (Wildman–Crippen LogP) is 1.33. The molecule has 4 nitrogen and oxygen atoms in total. The number of carbonyl (C=O) groups excluding carboxylic acids is 1. The van der Waals surface area contributed by atoms with Gasteiger partial charge in [-0.05, 0) is 24.3 Å². The zero-order valence-electron chi connectivity index (χ0n) is 6.36. The number of carboxylic acids is 1. The highest BCUT2D eigenvalue weighted by molar-refractivity contribution is 6.30. The molecule has 0 heterocycles. The number of hydrogen-bond donors (Lipinski definition) is 1. The van der Waals surface area contributed by atoms with Crippen LogP contribution in [0.4, 0.5) is 0 Å². The van der Waals surface area contributed by atoms with Crippen molar-refractivity contribution in [3.05, 3.63) is 29.3 Å². The molecule has 1 N–H and O–H groups in total. The molecule has 0 aliphatic carbocycles. The molecule has 0 spiro atoms. The van der Waals surface area contributed by atoms with E-state index in [4.69, 9.17) is 16.7 Å². The van der Waals surface area contributed by atoms with Crippen LogP contribution in [0.2, 0.25) is 5.02 Å². The Labute approximate surface area is 78.7 Å². The van der Waals surface area contributed by atoms with Gasteiger partial charge in [-0.25, -0.2) is 9.59 Å². The van der Waals surface area contributed by atoms with Crippen molar-refractivity contribution in [2.24, 2.45) is 0 Å². The van der Waals surface area contributed by atoms with Crippen LogP contribution in [0.1, 0.15) is 0 Å². The third-order valence-electron chi connectivity index (χ3n) is 1.20. The normalized spacial score (nSPS) is 9.31. The van der Waals surface area contributed by atoms with Crippen LogP contribution in [0.3, 0.4) is 0 Å². The molecular formula is C8H5ClO4. The van der Waals surface area contributed by atoms with Crippen LogP contribution in [0.5, 0.6) is 5.75 Å². The van der Waals surface area contributed by atoms with Gasteiger partial charge in [-0.3, -0.25) is 0 Å². The van der Waals surface area contributed by atoms with E-state index in [1.54, 1.807) is 0 Å². The highest BCUT2D eigenvalue weighted by Gasteiger charge is 2.13. The van der Waals surface area contributed by atoms with Crippen LogP contribution in [0.25, 0.3) is 0 Å². The Morgan fingerprint density at radius 3 is 2.23 bits per heavy atom. The maximum Gasteiger partial charge on any atom is 0.422 e. The van der Waals surface area contributed by atoms with Crippen molar-refractivity contribution in [2.45, 2.75) is 0 Å². The first kappa shape index (κ1) is 9.54. The van der Waals surface area contributed by atoms with Gasteiger partial charge in [0.25, 0.3) is 0 Å². The molecule has 13 heavy (non-hydrogen) atoms. The van der Waals surface area contributed by atoms with Crippen molar-refractivity contribution in [3.63, 3.8) is 0 Å². The van der Waals surface area contributed by atoms with Crippen molar-refractivity contribution in [1.29, 1.82) is 0 Å². The van der Waals surface area contributed by atoms with Gasteiger partial charge in [0.2, 0.25) is 0 Å². The second kappa shape index (κ2) is 3.91. The highest BCUT2D eigenvalue weighted by Crippen LogP contribution is 2.15. The van der Waals surface area contributed by atoms with Crippen LogP contribution in [0, 0.1) is 0 Å². The zero-order valence-corrected chi connectivity index (χ0v) is 7.12. The molecule has 0 saturated carbocycles. The smallest absolute Gasteiger partial charge is 0.422 e. The van der Waals surface area contributed by atoms with Gasteiger partial charge in [0.15, 0.2) is 0 Å². The number of hydrogen-bond acceptors (Lipinski definition) is 3. The summed E-state index contributed by atoms with van der Waals surface area (Å²) in [6.45, 7) is 0. The van der Waals surface area contributed by atoms with Gasteiger partial charge >= 0.3 is 11.9 Å². The lowest BCUT2D eigenvalue weighted by molar-refractivity contribution is -0.158. The fourth-order valence-electron chi connectivity index (χ4n) is 0.653. The lowest BCUT2D eigenvalue weighted by Crippen LogP contribution is -2.19. The van der Waals surface area contributed by atoms with Crippen LogP contribution in [-0.2, 0) is 9.59 Å². The number of rotatable bonds is 1. The SMILES string of the molecule is O=C(O)C(=O)Oc1ccc(Cl)cc1. The summed E-state index contributed by atoms with van der Waals surface area (Å²) in [5.41, 5.74) is 0. The monoisotopic (exact) mass is 200 g/mol. The van der Waals surface area contributed by atoms with Crippen molar-refractivity contribution in [3.8, 4) is 5.75 Å². The number of carboxylic acid groups (broad SMARTS) is 1. The molecule has 0 amide bonds. The summed E-state index contributed by atoms with van der Waals surface area (Å²) in [7, 11) is 0. The molecule has 0 aliphatic rings. The molecule has 0 fully saturated rings. The Balaban J connectivity index is 2.70. The zero-order chi connectivity index (χ0) is 9.84. The molecule has 0 unspecified atom stereocenters. The van der Waals surface area contributed by atoms with Crippen LogP contribution in [0.15, 0.2) is 24.3 Å². The van der Waals surface area contributed by atoms with Gasteiger partial charge in [0, 0.05) is 5.02 Å². The van der Waals surface area contributed by atoms with Crippen LogP contribution in [-0.4, -0.2) is 17.0 Å². The molecule has 0 saturated heterocycles. The van der Waals surface area contributed by atoms with E-state index < -0.39 is 11.9 Å². The standard InChI is InChI=1S/C8H5ClO4/c9-5-1-3-6(4-2-5)13-8(12)7(10)11/h1-4H,(H,10,11). The average Bonchev–Trinajstić information content (AvgIpc) is 2.08. The number of carbonyl (C=O) groups is 2. The Bertz CT molecular complexity index is 331. The molecule has 68 valence electrons. The minimum Gasteiger partial charge on any atom is -0.473 e. The maximum atomic E-state index is 10.5. The maximum absolute atomic E-state index is 10.5. The molecule has 1 aromatic carbocycles. The summed E-state index contributed by atoms with van der Waals surface area (Å²) in [6.07, 6.45) is 0. The number of halogens is 1. The second-order valence-corrected chi connectivity index (χ2v) is 2.59. The summed E-state index contributed by atoms with van der Waals surface area (Å²) in [5, 5.41) is 8.68. The summed E-state index contributed by atoms with van der Waals surface area (Å²) in [4.78, 5) is 20.6. The van der Waals surface area contributed by atoms with Crippen molar-refractivity contribution >= 4 is 23.5 Å². The van der Waals surface area contributed by atoms with Crippen molar-refractivity contribution in [2.75, 3.05) is 0 Å². The second-order valence-electron chi connectivity index (χ2n) is 2.15. The van der Waals surface area contributed by atoms with E-state index in [-0.39, 0.29) is 5.75 Å². The Morgan fingerprint density at radius 2 is 1.77 bits per heavy atom. The van der Waals surface area contributed by atoms with E-state index in [0.717, 1.165) is 0 Å². The third kappa shape index (κ3) is 2.76. The van der Waals surface area contributed by atoms with Gasteiger partial charge in [-0.2, -0.15) is 0 Å². The van der Waals surface area contributed by atoms with Crippen molar-refractivity contribution in [1.82, 2.24) is 0 Å². The molecule has 0 radical (unpaired) electrons.